The molecule has 94 valence electrons. The Kier molecular flexibility index (Phi) is 4.08. The van der Waals surface area contributed by atoms with Crippen LogP contribution in [0.5, 0.6) is 0 Å². The third-order valence-corrected chi connectivity index (χ3v) is 4.33. The van der Waals surface area contributed by atoms with Gasteiger partial charge in [-0.2, -0.15) is 5.26 Å². The molecular weight excluding hydrogens is 214 g/mol. The van der Waals surface area contributed by atoms with Crippen LogP contribution < -0.4 is 0 Å². The van der Waals surface area contributed by atoms with Crippen LogP contribution in [0.3, 0.4) is 0 Å². The van der Waals surface area contributed by atoms with Crippen LogP contribution in [0.15, 0.2) is 0 Å². The molecule has 0 N–H and O–H groups in total. The van der Waals surface area contributed by atoms with Crippen molar-refractivity contribution in [3.8, 4) is 6.07 Å². The Balaban J connectivity index is 3.07. The zero-order valence-corrected chi connectivity index (χ0v) is 11.1. The lowest BCUT2D eigenvalue weighted by Gasteiger charge is -2.31. The van der Waals surface area contributed by atoms with E-state index < -0.39 is 11.3 Å². The van der Waals surface area contributed by atoms with E-state index in [9.17, 15) is 9.59 Å². The normalized spacial score (nSPS) is 34.4. The lowest BCUT2D eigenvalue weighted by molar-refractivity contribution is -0.134. The zero-order valence-electron chi connectivity index (χ0n) is 11.1. The first-order valence-electron chi connectivity index (χ1n) is 6.27. The van der Waals surface area contributed by atoms with Gasteiger partial charge in [-0.15, -0.1) is 0 Å². The second-order valence-electron chi connectivity index (χ2n) is 5.82. The highest BCUT2D eigenvalue weighted by Crippen LogP contribution is 2.37. The smallest absolute Gasteiger partial charge is 0.156 e. The molecule has 0 aromatic heterocycles. The zero-order chi connectivity index (χ0) is 13.2. The van der Waals surface area contributed by atoms with Crippen molar-refractivity contribution in [3.05, 3.63) is 0 Å². The number of rotatable bonds is 0. The highest BCUT2D eigenvalue weighted by Gasteiger charge is 2.40. The second-order valence-corrected chi connectivity index (χ2v) is 5.82. The van der Waals surface area contributed by atoms with E-state index in [0.717, 1.165) is 12.8 Å². The quantitative estimate of drug-likeness (QED) is 0.648. The monoisotopic (exact) mass is 235 g/mol. The van der Waals surface area contributed by atoms with Crippen molar-refractivity contribution in [3.63, 3.8) is 0 Å². The Morgan fingerprint density at radius 2 is 1.82 bits per heavy atom. The molecule has 3 atom stereocenters. The third-order valence-electron chi connectivity index (χ3n) is 4.33. The van der Waals surface area contributed by atoms with Gasteiger partial charge in [0, 0.05) is 17.8 Å². The number of nitrogens with zero attached hydrogens (tertiary/aromatic N) is 1. The average Bonchev–Trinajstić information content (AvgIpc) is 2.31. The molecule has 1 aliphatic carbocycles. The van der Waals surface area contributed by atoms with Gasteiger partial charge in [-0.3, -0.25) is 9.59 Å². The summed E-state index contributed by atoms with van der Waals surface area (Å²) in [5, 5.41) is 9.07. The summed E-state index contributed by atoms with van der Waals surface area (Å²) in [7, 11) is 0. The summed E-state index contributed by atoms with van der Waals surface area (Å²) in [4.78, 5) is 24.1. The van der Waals surface area contributed by atoms with Crippen LogP contribution in [0, 0.1) is 34.5 Å². The number of carbonyl (C=O) groups is 2. The molecule has 0 bridgehead atoms. The number of ketones is 2. The molecule has 0 aromatic carbocycles. The summed E-state index contributed by atoms with van der Waals surface area (Å²) in [5.74, 6) is -0.612. The minimum Gasteiger partial charge on any atom is -0.299 e. The van der Waals surface area contributed by atoms with Gasteiger partial charge in [0.2, 0.25) is 0 Å². The summed E-state index contributed by atoms with van der Waals surface area (Å²) in [5.41, 5.74) is -0.509. The molecule has 1 saturated carbocycles. The highest BCUT2D eigenvalue weighted by molar-refractivity contribution is 5.93. The number of Topliss-reactive ketones (excluding diaryl/α,β-unsaturated/α-hetero) is 2. The van der Waals surface area contributed by atoms with Crippen molar-refractivity contribution in [1.82, 2.24) is 0 Å². The van der Waals surface area contributed by atoms with Gasteiger partial charge in [-0.05, 0) is 18.8 Å². The first-order chi connectivity index (χ1) is 7.80. The molecular formula is C14H21NO2. The lowest BCUT2D eigenvalue weighted by Crippen LogP contribution is -2.36. The molecule has 0 saturated heterocycles. The van der Waals surface area contributed by atoms with E-state index in [4.69, 9.17) is 5.26 Å². The summed E-state index contributed by atoms with van der Waals surface area (Å²) in [6, 6.07) is 2.01. The van der Waals surface area contributed by atoms with Gasteiger partial charge in [-0.1, -0.05) is 27.7 Å². The molecule has 2 unspecified atom stereocenters. The molecule has 3 nitrogen and oxygen atoms in total. The van der Waals surface area contributed by atoms with E-state index in [2.05, 4.69) is 0 Å². The topological polar surface area (TPSA) is 57.9 Å². The van der Waals surface area contributed by atoms with Gasteiger partial charge in [0.1, 0.15) is 11.7 Å². The van der Waals surface area contributed by atoms with Crippen molar-refractivity contribution in [2.45, 2.75) is 47.0 Å². The Hall–Kier alpha value is -1.17. The van der Waals surface area contributed by atoms with Crippen LogP contribution in [-0.4, -0.2) is 11.6 Å². The predicted molar refractivity (Wildman–Crippen MR) is 65.1 cm³/mol. The SMILES string of the molecule is CC1CC[C@H](C)C(C)(C)C(=O)C(C#N)CC1=O. The van der Waals surface area contributed by atoms with Crippen LogP contribution in [-0.2, 0) is 9.59 Å². The standard InChI is InChI=1S/C14H21NO2/c1-9-5-6-10(2)14(3,4)13(17)11(8-15)7-12(9)16/h9-11H,5-7H2,1-4H3/t9?,10-,11?/m0/s1. The molecule has 0 radical (unpaired) electrons. The maximum atomic E-state index is 12.3. The Morgan fingerprint density at radius 1 is 1.24 bits per heavy atom. The summed E-state index contributed by atoms with van der Waals surface area (Å²) < 4.78 is 0. The predicted octanol–water partition coefficient (Wildman–Crippen LogP) is 2.75. The maximum Gasteiger partial charge on any atom is 0.156 e. The Bertz CT molecular complexity index is 365. The van der Waals surface area contributed by atoms with E-state index in [1.165, 1.54) is 0 Å². The average molecular weight is 235 g/mol. The van der Waals surface area contributed by atoms with Crippen LogP contribution in [0.1, 0.15) is 47.0 Å². The highest BCUT2D eigenvalue weighted by atomic mass is 16.1. The number of hydrogen-bond donors (Lipinski definition) is 0. The van der Waals surface area contributed by atoms with E-state index in [1.54, 1.807) is 0 Å². The molecule has 0 amide bonds. The minimum absolute atomic E-state index is 0.0324. The number of carbonyl (C=O) groups excluding carboxylic acids is 2. The molecule has 0 spiro atoms. The molecule has 0 aromatic rings. The first kappa shape index (κ1) is 13.9. The molecule has 17 heavy (non-hydrogen) atoms. The molecule has 1 rings (SSSR count). The van der Waals surface area contributed by atoms with Crippen LogP contribution >= 0.6 is 0 Å². The van der Waals surface area contributed by atoms with E-state index in [0.29, 0.717) is 0 Å². The van der Waals surface area contributed by atoms with Crippen LogP contribution in [0.4, 0.5) is 0 Å². The van der Waals surface area contributed by atoms with E-state index in [1.807, 2.05) is 33.8 Å². The number of nitriles is 1. The third kappa shape index (κ3) is 2.74. The molecule has 1 fully saturated rings. The minimum atomic E-state index is -0.763. The van der Waals surface area contributed by atoms with Gasteiger partial charge in [-0.25, -0.2) is 0 Å². The fourth-order valence-electron chi connectivity index (χ4n) is 2.31. The fourth-order valence-corrected chi connectivity index (χ4v) is 2.31. The largest absolute Gasteiger partial charge is 0.299 e. The first-order valence-corrected chi connectivity index (χ1v) is 6.27. The molecule has 1 aliphatic rings. The lowest BCUT2D eigenvalue weighted by atomic mass is 9.71. The van der Waals surface area contributed by atoms with Gasteiger partial charge >= 0.3 is 0 Å². The van der Waals surface area contributed by atoms with Crippen molar-refractivity contribution in [2.75, 3.05) is 0 Å². The van der Waals surface area contributed by atoms with Crippen molar-refractivity contribution in [1.29, 1.82) is 5.26 Å². The Labute approximate surface area is 103 Å². The van der Waals surface area contributed by atoms with E-state index >= 15 is 0 Å². The summed E-state index contributed by atoms with van der Waals surface area (Å²) in [6.07, 6.45) is 1.77. The van der Waals surface area contributed by atoms with Crippen molar-refractivity contribution in [2.24, 2.45) is 23.2 Å². The van der Waals surface area contributed by atoms with Gasteiger partial charge in [0.15, 0.2) is 5.78 Å². The van der Waals surface area contributed by atoms with E-state index in [-0.39, 0.29) is 29.8 Å². The second kappa shape index (κ2) is 5.00. The van der Waals surface area contributed by atoms with Crippen LogP contribution in [0.2, 0.25) is 0 Å². The number of hydrogen-bond acceptors (Lipinski definition) is 3. The van der Waals surface area contributed by atoms with Gasteiger partial charge < -0.3 is 0 Å². The van der Waals surface area contributed by atoms with Crippen molar-refractivity contribution < 1.29 is 9.59 Å². The molecule has 0 heterocycles. The summed E-state index contributed by atoms with van der Waals surface area (Å²) in [6.45, 7) is 7.72. The summed E-state index contributed by atoms with van der Waals surface area (Å²) >= 11 is 0. The Morgan fingerprint density at radius 3 is 2.35 bits per heavy atom. The molecule has 0 aliphatic heterocycles. The molecule has 3 heteroatoms. The van der Waals surface area contributed by atoms with Crippen LogP contribution in [0.25, 0.3) is 0 Å². The fraction of sp³-hybridized carbons (Fsp3) is 0.786. The van der Waals surface area contributed by atoms with Gasteiger partial charge in [0.25, 0.3) is 0 Å². The van der Waals surface area contributed by atoms with Gasteiger partial charge in [0.05, 0.1) is 6.07 Å². The maximum absolute atomic E-state index is 12.3. The van der Waals surface area contributed by atoms with Crippen molar-refractivity contribution >= 4 is 11.6 Å².